The van der Waals surface area contributed by atoms with Gasteiger partial charge in [0.25, 0.3) is 0 Å². The molecule has 61 heavy (non-hydrogen) atoms. The first-order valence-corrected chi connectivity index (χ1v) is 20.1. The van der Waals surface area contributed by atoms with Gasteiger partial charge >= 0.3 is 0 Å². The van der Waals surface area contributed by atoms with Gasteiger partial charge in [0.05, 0.1) is 6.61 Å². The van der Waals surface area contributed by atoms with Crippen LogP contribution in [0.25, 0.3) is 0 Å². The van der Waals surface area contributed by atoms with E-state index in [4.69, 9.17) is 0 Å². The summed E-state index contributed by atoms with van der Waals surface area (Å²) in [5, 5.41) is 56.6. The molecule has 0 unspecified atom stereocenters. The lowest BCUT2D eigenvalue weighted by Crippen LogP contribution is -2.62. The molecule has 2 rings (SSSR count). The SMILES string of the molecule is CC(=O)N(O)CCC[C@@H]1NC(=O)[C@H](CCCN(O)C(C)=O)NC(=O)[C@H](CCCN(O)C(C)=O)NC(=O)[C@H](Cc2ccccc2)NC(=O)[C@H](CC(C)C)NC(=O)[C@H](CO)NC1=O. The topological polar surface area (TPSA) is 316 Å². The zero-order chi connectivity index (χ0) is 45.8. The molecule has 0 spiro atoms. The molecule has 0 aliphatic carbocycles. The van der Waals surface area contributed by atoms with E-state index in [1.165, 1.54) is 0 Å². The number of carbonyl (C=O) groups is 9. The second-order valence-corrected chi connectivity index (χ2v) is 15.2. The molecule has 0 bridgehead atoms. The van der Waals surface area contributed by atoms with Gasteiger partial charge in [0.2, 0.25) is 53.2 Å². The second-order valence-electron chi connectivity index (χ2n) is 15.2. The van der Waals surface area contributed by atoms with Gasteiger partial charge in [0.1, 0.15) is 36.3 Å². The summed E-state index contributed by atoms with van der Waals surface area (Å²) in [5.74, 6) is -7.80. The number of hydrogen-bond donors (Lipinski definition) is 10. The molecule has 1 aromatic carbocycles. The van der Waals surface area contributed by atoms with Crippen molar-refractivity contribution in [3.05, 3.63) is 35.9 Å². The molecule has 9 amide bonds. The van der Waals surface area contributed by atoms with Gasteiger partial charge in [-0.1, -0.05) is 44.2 Å². The van der Waals surface area contributed by atoms with Gasteiger partial charge < -0.3 is 37.0 Å². The zero-order valence-electron chi connectivity index (χ0n) is 35.2. The summed E-state index contributed by atoms with van der Waals surface area (Å²) in [6.07, 6.45) is -0.916. The van der Waals surface area contributed by atoms with Crippen molar-refractivity contribution in [3.8, 4) is 0 Å². The monoisotopic (exact) mass is 863 g/mol. The molecule has 1 aliphatic rings. The Labute approximate surface area is 354 Å². The van der Waals surface area contributed by atoms with E-state index < -0.39 is 96.0 Å². The molecule has 340 valence electrons. The van der Waals surface area contributed by atoms with Crippen molar-refractivity contribution in [1.82, 2.24) is 47.1 Å². The Morgan fingerprint density at radius 3 is 1.20 bits per heavy atom. The number of aliphatic hydroxyl groups excluding tert-OH is 1. The van der Waals surface area contributed by atoms with E-state index in [1.54, 1.807) is 44.2 Å². The standard InChI is InChI=1S/C39H61N9O13/c1-23(2)20-31-37(56)44-32(21-27-12-7-6-8-13-27)38(57)42-29(15-10-18-47(60)25(4)51)35(54)40-28(14-9-17-46(59)24(3)50)34(53)41-30(16-11-19-48(61)26(5)52)36(55)45-33(22-49)39(58)43-31/h6-8,12-13,23,28-33,49,59-61H,9-11,14-22H2,1-5H3,(H,40,54)(H,41,53)(H,42,57)(H,43,58)(H,44,56)(H,45,55)/t28-,29-,30-,31-,32-,33-/m0/s1. The van der Waals surface area contributed by atoms with Crippen LogP contribution in [0.1, 0.15) is 85.1 Å². The highest BCUT2D eigenvalue weighted by Gasteiger charge is 2.35. The van der Waals surface area contributed by atoms with Crippen LogP contribution in [0.3, 0.4) is 0 Å². The molecule has 1 aromatic rings. The molecule has 1 saturated heterocycles. The van der Waals surface area contributed by atoms with Crippen molar-refractivity contribution in [2.75, 3.05) is 26.2 Å². The van der Waals surface area contributed by atoms with E-state index in [1.807, 2.05) is 0 Å². The Balaban J connectivity index is 2.71. The van der Waals surface area contributed by atoms with Crippen molar-refractivity contribution in [2.24, 2.45) is 5.92 Å². The molecule has 10 N–H and O–H groups in total. The summed E-state index contributed by atoms with van der Waals surface area (Å²) in [6.45, 7) is 5.10. The van der Waals surface area contributed by atoms with Crippen LogP contribution in [0, 0.1) is 5.92 Å². The first-order chi connectivity index (χ1) is 28.7. The number of aliphatic hydroxyl groups is 1. The minimum Gasteiger partial charge on any atom is -0.394 e. The fraction of sp³-hybridized carbons (Fsp3) is 0.615. The van der Waals surface area contributed by atoms with E-state index in [9.17, 15) is 63.9 Å². The smallest absolute Gasteiger partial charge is 0.245 e. The lowest BCUT2D eigenvalue weighted by molar-refractivity contribution is -0.163. The summed E-state index contributed by atoms with van der Waals surface area (Å²) in [4.78, 5) is 119. The van der Waals surface area contributed by atoms with Gasteiger partial charge in [-0.15, -0.1) is 0 Å². The molecule has 6 atom stereocenters. The minimum absolute atomic E-state index is 0.0436. The highest BCUT2D eigenvalue weighted by atomic mass is 16.5. The van der Waals surface area contributed by atoms with E-state index in [0.717, 1.165) is 20.8 Å². The Kier molecular flexibility index (Phi) is 21.8. The number of hydroxylamine groups is 6. The molecule has 0 radical (unpaired) electrons. The molecule has 1 heterocycles. The minimum atomic E-state index is -1.65. The lowest BCUT2D eigenvalue weighted by atomic mass is 10.00. The number of carbonyl (C=O) groups excluding carboxylic acids is 9. The first kappa shape index (κ1) is 51.4. The molecule has 0 saturated carbocycles. The van der Waals surface area contributed by atoms with Crippen molar-refractivity contribution in [3.63, 3.8) is 0 Å². The average molecular weight is 864 g/mol. The largest absolute Gasteiger partial charge is 0.394 e. The van der Waals surface area contributed by atoms with Crippen LogP contribution in [-0.2, 0) is 49.6 Å². The second kappa shape index (κ2) is 25.8. The number of nitrogens with zero attached hydrogens (tertiary/aromatic N) is 3. The van der Waals surface area contributed by atoms with Gasteiger partial charge in [-0.3, -0.25) is 58.8 Å². The maximum atomic E-state index is 14.2. The zero-order valence-corrected chi connectivity index (χ0v) is 35.2. The number of benzene rings is 1. The van der Waals surface area contributed by atoms with Crippen molar-refractivity contribution in [1.29, 1.82) is 0 Å². The molecule has 1 aliphatic heterocycles. The Hall–Kier alpha value is -5.71. The van der Waals surface area contributed by atoms with Crippen LogP contribution < -0.4 is 31.9 Å². The molecular formula is C39H61N9O13. The predicted molar refractivity (Wildman–Crippen MR) is 213 cm³/mol. The molecular weight excluding hydrogens is 802 g/mol. The highest BCUT2D eigenvalue weighted by Crippen LogP contribution is 2.12. The Morgan fingerprint density at radius 1 is 0.525 bits per heavy atom. The molecule has 22 nitrogen and oxygen atoms in total. The maximum Gasteiger partial charge on any atom is 0.245 e. The third kappa shape index (κ3) is 18.2. The highest BCUT2D eigenvalue weighted by molar-refractivity contribution is 5.98. The fourth-order valence-corrected chi connectivity index (χ4v) is 6.20. The Morgan fingerprint density at radius 2 is 0.836 bits per heavy atom. The quantitative estimate of drug-likeness (QED) is 0.0614. The number of nitrogens with one attached hydrogen (secondary N) is 6. The summed E-state index contributed by atoms with van der Waals surface area (Å²) >= 11 is 0. The van der Waals surface area contributed by atoms with Crippen LogP contribution in [0.15, 0.2) is 30.3 Å². The first-order valence-electron chi connectivity index (χ1n) is 20.1. The molecule has 0 aromatic heterocycles. The molecule has 1 fully saturated rings. The number of hydrogen-bond acceptors (Lipinski definition) is 13. The van der Waals surface area contributed by atoms with Gasteiger partial charge in [-0.05, 0) is 56.4 Å². The predicted octanol–water partition coefficient (Wildman–Crippen LogP) is -1.76. The van der Waals surface area contributed by atoms with Gasteiger partial charge in [-0.2, -0.15) is 0 Å². The van der Waals surface area contributed by atoms with Crippen LogP contribution >= 0.6 is 0 Å². The fourth-order valence-electron chi connectivity index (χ4n) is 6.20. The normalized spacial score (nSPS) is 22.0. The Bertz CT molecular complexity index is 1680. The van der Waals surface area contributed by atoms with Gasteiger partial charge in [0, 0.05) is 46.8 Å². The number of rotatable bonds is 17. The summed E-state index contributed by atoms with van der Waals surface area (Å²) in [7, 11) is 0. The van der Waals surface area contributed by atoms with Gasteiger partial charge in [0.15, 0.2) is 0 Å². The summed E-state index contributed by atoms with van der Waals surface area (Å²) in [6, 6.07) is -0.199. The summed E-state index contributed by atoms with van der Waals surface area (Å²) < 4.78 is 0. The van der Waals surface area contributed by atoms with E-state index >= 15 is 0 Å². The van der Waals surface area contributed by atoms with E-state index in [-0.39, 0.29) is 76.9 Å². The van der Waals surface area contributed by atoms with Crippen LogP contribution in [0.5, 0.6) is 0 Å². The number of amides is 9. The lowest BCUT2D eigenvalue weighted by Gasteiger charge is -2.29. The third-order valence-corrected chi connectivity index (χ3v) is 9.65. The van der Waals surface area contributed by atoms with Gasteiger partial charge in [-0.25, -0.2) is 15.2 Å². The van der Waals surface area contributed by atoms with Crippen LogP contribution in [0.2, 0.25) is 0 Å². The van der Waals surface area contributed by atoms with E-state index in [2.05, 4.69) is 31.9 Å². The summed E-state index contributed by atoms with van der Waals surface area (Å²) in [5.41, 5.74) is 0.610. The van der Waals surface area contributed by atoms with Crippen molar-refractivity contribution >= 4 is 53.2 Å². The average Bonchev–Trinajstić information content (AvgIpc) is 3.20. The third-order valence-electron chi connectivity index (χ3n) is 9.65. The van der Waals surface area contributed by atoms with Crippen LogP contribution in [0.4, 0.5) is 0 Å². The van der Waals surface area contributed by atoms with Crippen LogP contribution in [-0.4, -0.2) is 152 Å². The van der Waals surface area contributed by atoms with Crippen molar-refractivity contribution < 1.29 is 63.9 Å². The maximum absolute atomic E-state index is 14.2. The van der Waals surface area contributed by atoms with Crippen molar-refractivity contribution in [2.45, 2.75) is 122 Å². The van der Waals surface area contributed by atoms with E-state index in [0.29, 0.717) is 20.8 Å². The molecule has 22 heteroatoms.